The normalized spacial score (nSPS) is 10.8. The maximum atomic E-state index is 6.02. The van der Waals surface area contributed by atoms with Crippen LogP contribution in [0, 0.1) is 6.92 Å². The lowest BCUT2D eigenvalue weighted by Gasteiger charge is -2.09. The molecule has 106 valence electrons. The van der Waals surface area contributed by atoms with Gasteiger partial charge >= 0.3 is 0 Å². The molecule has 0 saturated heterocycles. The van der Waals surface area contributed by atoms with Crippen molar-refractivity contribution >= 4 is 33.2 Å². The van der Waals surface area contributed by atoms with Gasteiger partial charge in [-0.05, 0) is 59.3 Å². The molecular weight excluding hydrogens is 354 g/mol. The molecule has 3 aromatic rings. The topological polar surface area (TPSA) is 69.6 Å². The van der Waals surface area contributed by atoms with Gasteiger partial charge in [0.1, 0.15) is 0 Å². The van der Waals surface area contributed by atoms with E-state index in [0.29, 0.717) is 16.5 Å². The van der Waals surface area contributed by atoms with Gasteiger partial charge in [-0.15, -0.1) is 5.10 Å². The Labute approximate surface area is 134 Å². The third-order valence-corrected chi connectivity index (χ3v) is 3.84. The van der Waals surface area contributed by atoms with Crippen LogP contribution in [0.15, 0.2) is 40.9 Å². The number of anilines is 1. The van der Waals surface area contributed by atoms with Crippen molar-refractivity contribution in [3.8, 4) is 17.1 Å². The summed E-state index contributed by atoms with van der Waals surface area (Å²) in [6.45, 7) is 2.00. The summed E-state index contributed by atoms with van der Waals surface area (Å²) in [5.74, 6) is 0.578. The number of benzene rings is 2. The molecule has 21 heavy (non-hydrogen) atoms. The number of halogens is 2. The predicted octanol–water partition coefficient (Wildman–Crippen LogP) is 3.64. The van der Waals surface area contributed by atoms with Gasteiger partial charge < -0.3 is 5.73 Å². The number of hydrogen-bond donors (Lipinski definition) is 1. The Morgan fingerprint density at radius 3 is 2.71 bits per heavy atom. The van der Waals surface area contributed by atoms with Gasteiger partial charge in [0, 0.05) is 20.7 Å². The average Bonchev–Trinajstić information content (AvgIpc) is 2.87. The van der Waals surface area contributed by atoms with E-state index in [4.69, 9.17) is 17.3 Å². The molecule has 0 aliphatic carbocycles. The quantitative estimate of drug-likeness (QED) is 0.705. The molecular formula is C14H11BrClN5. The fourth-order valence-electron chi connectivity index (χ4n) is 2.11. The minimum Gasteiger partial charge on any atom is -0.398 e. The average molecular weight is 365 g/mol. The summed E-state index contributed by atoms with van der Waals surface area (Å²) in [6.07, 6.45) is 0. The summed E-state index contributed by atoms with van der Waals surface area (Å²) in [5.41, 5.74) is 9.24. The Kier molecular flexibility index (Phi) is 3.65. The molecule has 0 aliphatic heterocycles. The molecule has 0 unspecified atom stereocenters. The molecule has 3 rings (SSSR count). The van der Waals surface area contributed by atoms with Gasteiger partial charge in [-0.3, -0.25) is 0 Å². The van der Waals surface area contributed by atoms with Gasteiger partial charge in [0.05, 0.1) is 5.69 Å². The number of rotatable bonds is 2. The molecule has 0 aliphatic rings. The number of tetrazole rings is 1. The molecule has 0 atom stereocenters. The number of aromatic nitrogens is 4. The van der Waals surface area contributed by atoms with Gasteiger partial charge in [-0.1, -0.05) is 27.5 Å². The maximum absolute atomic E-state index is 6.02. The second kappa shape index (κ2) is 5.46. The summed E-state index contributed by atoms with van der Waals surface area (Å²) in [5, 5.41) is 12.5. The van der Waals surface area contributed by atoms with E-state index in [9.17, 15) is 0 Å². The highest BCUT2D eigenvalue weighted by molar-refractivity contribution is 9.10. The zero-order valence-corrected chi connectivity index (χ0v) is 13.4. The Bertz CT molecular complexity index is 749. The highest BCUT2D eigenvalue weighted by Gasteiger charge is 2.15. The molecule has 1 aromatic heterocycles. The molecule has 1 heterocycles. The Hall–Kier alpha value is -1.92. The van der Waals surface area contributed by atoms with Crippen LogP contribution >= 0.6 is 27.5 Å². The van der Waals surface area contributed by atoms with E-state index in [1.54, 1.807) is 16.8 Å². The van der Waals surface area contributed by atoms with E-state index in [2.05, 4.69) is 31.5 Å². The lowest BCUT2D eigenvalue weighted by molar-refractivity contribution is 0.787. The van der Waals surface area contributed by atoms with E-state index in [0.717, 1.165) is 21.3 Å². The highest BCUT2D eigenvalue weighted by atomic mass is 79.9. The van der Waals surface area contributed by atoms with Crippen molar-refractivity contribution in [3.63, 3.8) is 0 Å². The number of nitrogen functional groups attached to an aromatic ring is 1. The zero-order chi connectivity index (χ0) is 15.0. The van der Waals surface area contributed by atoms with E-state index in [-0.39, 0.29) is 0 Å². The molecule has 2 aromatic carbocycles. The van der Waals surface area contributed by atoms with Crippen molar-refractivity contribution in [1.29, 1.82) is 0 Å². The van der Waals surface area contributed by atoms with Crippen LogP contribution in [0.2, 0.25) is 5.02 Å². The van der Waals surface area contributed by atoms with Crippen LogP contribution in [0.5, 0.6) is 0 Å². The van der Waals surface area contributed by atoms with E-state index in [1.807, 2.05) is 31.2 Å². The Morgan fingerprint density at radius 2 is 2.00 bits per heavy atom. The lowest BCUT2D eigenvalue weighted by atomic mass is 10.1. The van der Waals surface area contributed by atoms with Gasteiger partial charge in [0.2, 0.25) is 0 Å². The van der Waals surface area contributed by atoms with Crippen molar-refractivity contribution in [2.45, 2.75) is 6.92 Å². The van der Waals surface area contributed by atoms with Crippen LogP contribution in [-0.4, -0.2) is 20.2 Å². The molecule has 2 N–H and O–H groups in total. The van der Waals surface area contributed by atoms with E-state index in [1.165, 1.54) is 0 Å². The van der Waals surface area contributed by atoms with Crippen LogP contribution in [-0.2, 0) is 0 Å². The van der Waals surface area contributed by atoms with Crippen molar-refractivity contribution < 1.29 is 0 Å². The summed E-state index contributed by atoms with van der Waals surface area (Å²) >= 11 is 9.38. The minimum atomic E-state index is 0.535. The van der Waals surface area contributed by atoms with Gasteiger partial charge in [0.15, 0.2) is 5.82 Å². The summed E-state index contributed by atoms with van der Waals surface area (Å²) in [6, 6.07) is 11.2. The van der Waals surface area contributed by atoms with Crippen LogP contribution in [0.3, 0.4) is 0 Å². The maximum Gasteiger partial charge on any atom is 0.189 e. The summed E-state index contributed by atoms with van der Waals surface area (Å²) in [7, 11) is 0. The highest BCUT2D eigenvalue weighted by Crippen LogP contribution is 2.29. The second-order valence-electron chi connectivity index (χ2n) is 4.58. The summed E-state index contributed by atoms with van der Waals surface area (Å²) in [4.78, 5) is 0. The van der Waals surface area contributed by atoms with Crippen molar-refractivity contribution in [2.24, 2.45) is 0 Å². The standard InChI is InChI=1S/C14H11BrClN5/c1-8-6-9(15)2-5-13(8)21-14(18-19-20-21)11-4-3-10(16)7-12(11)17/h2-7H,17H2,1H3. The molecule has 7 heteroatoms. The second-order valence-corrected chi connectivity index (χ2v) is 5.93. The molecule has 0 fully saturated rings. The van der Waals surface area contributed by atoms with Crippen molar-refractivity contribution in [2.75, 3.05) is 5.73 Å². The first-order valence-electron chi connectivity index (χ1n) is 6.16. The first-order chi connectivity index (χ1) is 10.1. The molecule has 0 radical (unpaired) electrons. The Balaban J connectivity index is 2.17. The number of nitrogens with two attached hydrogens (primary N) is 1. The van der Waals surface area contributed by atoms with Crippen LogP contribution in [0.4, 0.5) is 5.69 Å². The lowest BCUT2D eigenvalue weighted by Crippen LogP contribution is -2.03. The van der Waals surface area contributed by atoms with Crippen LogP contribution in [0.1, 0.15) is 5.56 Å². The number of nitrogens with zero attached hydrogens (tertiary/aromatic N) is 4. The zero-order valence-electron chi connectivity index (χ0n) is 11.1. The predicted molar refractivity (Wildman–Crippen MR) is 86.4 cm³/mol. The molecule has 0 amide bonds. The van der Waals surface area contributed by atoms with Crippen molar-refractivity contribution in [3.05, 3.63) is 51.5 Å². The van der Waals surface area contributed by atoms with Crippen LogP contribution in [0.25, 0.3) is 17.1 Å². The van der Waals surface area contributed by atoms with E-state index >= 15 is 0 Å². The number of aryl methyl sites for hydroxylation is 1. The molecule has 0 bridgehead atoms. The van der Waals surface area contributed by atoms with Crippen molar-refractivity contribution in [1.82, 2.24) is 20.2 Å². The largest absolute Gasteiger partial charge is 0.398 e. The first-order valence-corrected chi connectivity index (χ1v) is 7.33. The first kappa shape index (κ1) is 14.0. The third kappa shape index (κ3) is 2.64. The smallest absolute Gasteiger partial charge is 0.189 e. The molecule has 0 saturated carbocycles. The van der Waals surface area contributed by atoms with E-state index < -0.39 is 0 Å². The molecule has 5 nitrogen and oxygen atoms in total. The fraction of sp³-hybridized carbons (Fsp3) is 0.0714. The fourth-order valence-corrected chi connectivity index (χ4v) is 2.77. The Morgan fingerprint density at radius 1 is 1.19 bits per heavy atom. The van der Waals surface area contributed by atoms with Crippen LogP contribution < -0.4 is 5.73 Å². The van der Waals surface area contributed by atoms with Gasteiger partial charge in [0.25, 0.3) is 0 Å². The number of hydrogen-bond acceptors (Lipinski definition) is 4. The molecule has 0 spiro atoms. The van der Waals surface area contributed by atoms with Gasteiger partial charge in [-0.25, -0.2) is 0 Å². The monoisotopic (exact) mass is 363 g/mol. The minimum absolute atomic E-state index is 0.535. The van der Waals surface area contributed by atoms with Gasteiger partial charge in [-0.2, -0.15) is 4.68 Å². The third-order valence-electron chi connectivity index (χ3n) is 3.11. The SMILES string of the molecule is Cc1cc(Br)ccc1-n1nnnc1-c1ccc(Cl)cc1N. The summed E-state index contributed by atoms with van der Waals surface area (Å²) < 4.78 is 2.67.